The summed E-state index contributed by atoms with van der Waals surface area (Å²) in [4.78, 5) is 25.3. The topological polar surface area (TPSA) is 66.4 Å². The molecule has 120 valence electrons. The van der Waals surface area contributed by atoms with E-state index < -0.39 is 12.0 Å². The number of hydrogen-bond acceptors (Lipinski definition) is 4. The first kappa shape index (κ1) is 16.1. The van der Waals surface area contributed by atoms with Gasteiger partial charge in [-0.2, -0.15) is 0 Å². The van der Waals surface area contributed by atoms with Crippen LogP contribution < -0.4 is 5.32 Å². The van der Waals surface area contributed by atoms with E-state index in [-0.39, 0.29) is 17.6 Å². The molecule has 1 aromatic heterocycles. The second-order valence-corrected chi connectivity index (χ2v) is 7.60. The number of aryl methyl sites for hydroxylation is 1. The monoisotopic (exact) mass is 347 g/mol. The molecule has 0 bridgehead atoms. The third-order valence-electron chi connectivity index (χ3n) is 3.81. The molecule has 1 unspecified atom stereocenters. The predicted molar refractivity (Wildman–Crippen MR) is 92.9 cm³/mol. The van der Waals surface area contributed by atoms with Gasteiger partial charge in [-0.3, -0.25) is 4.79 Å². The minimum atomic E-state index is -1.01. The molecule has 2 atom stereocenters. The van der Waals surface area contributed by atoms with Crippen molar-refractivity contribution in [2.24, 2.45) is 0 Å². The van der Waals surface area contributed by atoms with E-state index in [0.29, 0.717) is 0 Å². The number of thiophene rings is 1. The number of carboxylic acids is 1. The van der Waals surface area contributed by atoms with E-state index in [1.807, 2.05) is 41.8 Å². The van der Waals surface area contributed by atoms with Crippen molar-refractivity contribution in [1.29, 1.82) is 0 Å². The molecule has 1 amide bonds. The first-order chi connectivity index (χ1) is 11.1. The van der Waals surface area contributed by atoms with Crippen LogP contribution in [0.1, 0.15) is 21.3 Å². The maximum absolute atomic E-state index is 12.6. The smallest absolute Gasteiger partial charge is 0.326 e. The summed E-state index contributed by atoms with van der Waals surface area (Å²) in [6.07, 6.45) is 1.27. The second-order valence-electron chi connectivity index (χ2n) is 5.39. The number of benzene rings is 1. The fourth-order valence-electron chi connectivity index (χ4n) is 2.66. The molecular formula is C17H17NO3S2. The summed E-state index contributed by atoms with van der Waals surface area (Å²) >= 11 is 3.25. The van der Waals surface area contributed by atoms with Gasteiger partial charge in [0.05, 0.1) is 0 Å². The van der Waals surface area contributed by atoms with Gasteiger partial charge in [-0.05, 0) is 34.7 Å². The zero-order valence-corrected chi connectivity index (χ0v) is 14.0. The van der Waals surface area contributed by atoms with Crippen molar-refractivity contribution in [1.82, 2.24) is 5.32 Å². The highest BCUT2D eigenvalue weighted by Crippen LogP contribution is 2.39. The molecule has 6 heteroatoms. The van der Waals surface area contributed by atoms with Gasteiger partial charge in [-0.1, -0.05) is 30.3 Å². The Morgan fingerprint density at radius 2 is 2.04 bits per heavy atom. The molecule has 2 N–H and O–H groups in total. The van der Waals surface area contributed by atoms with E-state index in [1.165, 1.54) is 4.88 Å². The number of carbonyl (C=O) groups excluding carboxylic acids is 1. The van der Waals surface area contributed by atoms with Gasteiger partial charge in [-0.25, -0.2) is 4.79 Å². The minimum absolute atomic E-state index is 0.210. The van der Waals surface area contributed by atoms with Gasteiger partial charge in [0, 0.05) is 11.3 Å². The van der Waals surface area contributed by atoms with Gasteiger partial charge in [0.2, 0.25) is 5.91 Å². The quantitative estimate of drug-likeness (QED) is 0.873. The Bertz CT molecular complexity index is 699. The highest BCUT2D eigenvalue weighted by atomic mass is 32.2. The molecule has 0 radical (unpaired) electrons. The lowest BCUT2D eigenvalue weighted by Crippen LogP contribution is -2.44. The van der Waals surface area contributed by atoms with E-state index in [4.69, 9.17) is 0 Å². The van der Waals surface area contributed by atoms with Crippen LogP contribution in [0.25, 0.3) is 0 Å². The van der Waals surface area contributed by atoms with Crippen LogP contribution in [0.3, 0.4) is 0 Å². The molecule has 0 saturated heterocycles. The Hall–Kier alpha value is -1.79. The van der Waals surface area contributed by atoms with Gasteiger partial charge >= 0.3 is 5.97 Å². The number of carbonyl (C=O) groups is 2. The standard InChI is InChI=1S/C17H17NO3S2/c19-16(15-12-6-8-22-14(12)7-9-23-15)18-13(17(20)21)10-11-4-2-1-3-5-11/h1-6,8,13,15H,7,9-10H2,(H,18,19)(H,20,21)/t13-,15?/m1/s1. The van der Waals surface area contributed by atoms with E-state index in [2.05, 4.69) is 5.32 Å². The molecule has 4 nitrogen and oxygen atoms in total. The van der Waals surface area contributed by atoms with Crippen LogP contribution in [-0.4, -0.2) is 28.8 Å². The Morgan fingerprint density at radius 1 is 1.26 bits per heavy atom. The number of hydrogen-bond donors (Lipinski definition) is 2. The molecule has 1 aliphatic rings. The van der Waals surface area contributed by atoms with Crippen molar-refractivity contribution in [2.45, 2.75) is 24.1 Å². The molecular weight excluding hydrogens is 330 g/mol. The summed E-state index contributed by atoms with van der Waals surface area (Å²) in [5.74, 6) is -0.326. The molecule has 0 saturated carbocycles. The molecule has 2 aromatic rings. The van der Waals surface area contributed by atoms with E-state index in [0.717, 1.165) is 23.3 Å². The lowest BCUT2D eigenvalue weighted by molar-refractivity contribution is -0.141. The van der Waals surface area contributed by atoms with E-state index >= 15 is 0 Å². The van der Waals surface area contributed by atoms with Crippen LogP contribution in [0, 0.1) is 0 Å². The highest BCUT2D eigenvalue weighted by Gasteiger charge is 2.31. The Labute approximate surface area is 142 Å². The van der Waals surface area contributed by atoms with Crippen LogP contribution >= 0.6 is 23.1 Å². The maximum atomic E-state index is 12.6. The van der Waals surface area contributed by atoms with Crippen molar-refractivity contribution in [3.63, 3.8) is 0 Å². The predicted octanol–water partition coefficient (Wildman–Crippen LogP) is 2.89. The Kier molecular flexibility index (Phi) is 5.03. The summed E-state index contributed by atoms with van der Waals surface area (Å²) in [7, 11) is 0. The van der Waals surface area contributed by atoms with Gasteiger partial charge in [0.15, 0.2) is 0 Å². The molecule has 0 aliphatic carbocycles. The van der Waals surface area contributed by atoms with Gasteiger partial charge in [0.1, 0.15) is 11.3 Å². The molecule has 1 aromatic carbocycles. The van der Waals surface area contributed by atoms with Crippen molar-refractivity contribution in [2.75, 3.05) is 5.75 Å². The first-order valence-corrected chi connectivity index (χ1v) is 9.33. The van der Waals surface area contributed by atoms with Crippen molar-refractivity contribution in [3.8, 4) is 0 Å². The summed E-state index contributed by atoms with van der Waals surface area (Å²) < 4.78 is 0. The molecule has 23 heavy (non-hydrogen) atoms. The molecule has 0 fully saturated rings. The van der Waals surface area contributed by atoms with Crippen molar-refractivity contribution >= 4 is 35.0 Å². The number of rotatable bonds is 5. The summed E-state index contributed by atoms with van der Waals surface area (Å²) in [6.45, 7) is 0. The number of thioether (sulfide) groups is 1. The van der Waals surface area contributed by atoms with Gasteiger partial charge in [0.25, 0.3) is 0 Å². The van der Waals surface area contributed by atoms with Crippen LogP contribution in [0.15, 0.2) is 41.8 Å². The Morgan fingerprint density at radius 3 is 2.78 bits per heavy atom. The lowest BCUT2D eigenvalue weighted by Gasteiger charge is -2.23. The Balaban J connectivity index is 1.71. The van der Waals surface area contributed by atoms with Crippen LogP contribution in [-0.2, 0) is 22.4 Å². The van der Waals surface area contributed by atoms with Crippen LogP contribution in [0.2, 0.25) is 0 Å². The summed E-state index contributed by atoms with van der Waals surface area (Å²) in [6, 6.07) is 10.4. The fraction of sp³-hybridized carbons (Fsp3) is 0.294. The fourth-order valence-corrected chi connectivity index (χ4v) is 4.96. The maximum Gasteiger partial charge on any atom is 0.326 e. The second kappa shape index (κ2) is 7.19. The zero-order valence-electron chi connectivity index (χ0n) is 12.4. The molecule has 2 heterocycles. The van der Waals surface area contributed by atoms with Gasteiger partial charge < -0.3 is 10.4 Å². The van der Waals surface area contributed by atoms with Crippen molar-refractivity contribution in [3.05, 3.63) is 57.8 Å². The summed E-state index contributed by atoms with van der Waals surface area (Å²) in [5, 5.41) is 13.8. The summed E-state index contributed by atoms with van der Waals surface area (Å²) in [5.41, 5.74) is 1.93. The average Bonchev–Trinajstić information content (AvgIpc) is 3.03. The molecule has 1 aliphatic heterocycles. The number of nitrogens with one attached hydrogen (secondary N) is 1. The lowest BCUT2D eigenvalue weighted by atomic mass is 10.1. The zero-order chi connectivity index (χ0) is 16.2. The van der Waals surface area contributed by atoms with Crippen molar-refractivity contribution < 1.29 is 14.7 Å². The van der Waals surface area contributed by atoms with Crippen LogP contribution in [0.5, 0.6) is 0 Å². The van der Waals surface area contributed by atoms with E-state index in [1.54, 1.807) is 23.1 Å². The number of fused-ring (bicyclic) bond motifs is 1. The number of amides is 1. The molecule has 0 spiro atoms. The van der Waals surface area contributed by atoms with E-state index in [9.17, 15) is 14.7 Å². The normalized spacial score (nSPS) is 18.0. The number of carboxylic acid groups (broad SMARTS) is 1. The average molecular weight is 347 g/mol. The first-order valence-electron chi connectivity index (χ1n) is 7.40. The minimum Gasteiger partial charge on any atom is -0.480 e. The number of aliphatic carboxylic acids is 1. The van der Waals surface area contributed by atoms with Gasteiger partial charge in [-0.15, -0.1) is 23.1 Å². The third-order valence-corrected chi connectivity index (χ3v) is 6.05. The molecule has 3 rings (SSSR count). The SMILES string of the molecule is O=C(N[C@H](Cc1ccccc1)C(=O)O)C1SCCc2sccc21. The third kappa shape index (κ3) is 3.76. The highest BCUT2D eigenvalue weighted by molar-refractivity contribution is 8.00. The van der Waals surface area contributed by atoms with Crippen LogP contribution in [0.4, 0.5) is 0 Å². The largest absolute Gasteiger partial charge is 0.480 e.